The molecule has 1 aromatic carbocycles. The van der Waals surface area contributed by atoms with Gasteiger partial charge in [-0.1, -0.05) is 26.1 Å². The van der Waals surface area contributed by atoms with Crippen molar-refractivity contribution in [3.05, 3.63) is 35.1 Å². The number of nitrogens with two attached hydrogens (primary N) is 1. The molecule has 0 saturated carbocycles. The van der Waals surface area contributed by atoms with E-state index in [2.05, 4.69) is 0 Å². The molecule has 1 aliphatic heterocycles. The summed E-state index contributed by atoms with van der Waals surface area (Å²) in [5.74, 6) is -0.970. The number of nitrogens with zero attached hydrogens (tertiary/aromatic N) is 1. The smallest absolute Gasteiger partial charge is 0.230 e. The van der Waals surface area contributed by atoms with Crippen LogP contribution in [-0.4, -0.2) is 21.7 Å². The minimum absolute atomic E-state index is 0.0428. The molecule has 21 heavy (non-hydrogen) atoms. The monoisotopic (exact) mass is 308 g/mol. The number of hydrogen-bond donors (Lipinski definition) is 1. The average Bonchev–Trinajstić information content (AvgIpc) is 2.32. The first-order valence-corrected chi connectivity index (χ1v) is 7.01. The number of likely N-dealkylation sites (tertiary alicyclic amines) is 1. The molecule has 0 aromatic heterocycles. The topological polar surface area (TPSA) is 63.4 Å². The largest absolute Gasteiger partial charge is 0.389 e. The summed E-state index contributed by atoms with van der Waals surface area (Å²) in [4.78, 5) is 25.4. The maximum absolute atomic E-state index is 13.6. The lowest BCUT2D eigenvalue weighted by molar-refractivity contribution is -0.153. The molecule has 112 valence electrons. The molecule has 1 saturated heterocycles. The number of thiocarbonyl (C=S) groups is 1. The second-order valence-corrected chi connectivity index (χ2v) is 6.54. The van der Waals surface area contributed by atoms with Gasteiger partial charge in [-0.3, -0.25) is 14.5 Å². The quantitative estimate of drug-likeness (QED) is 0.686. The third-order valence-corrected chi connectivity index (χ3v) is 3.68. The number of amides is 2. The number of hydrogen-bond acceptors (Lipinski definition) is 3. The van der Waals surface area contributed by atoms with E-state index >= 15 is 0 Å². The minimum atomic E-state index is -0.493. The normalized spacial score (nSPS) is 18.0. The Morgan fingerprint density at radius 3 is 2.38 bits per heavy atom. The third kappa shape index (κ3) is 3.64. The Hall–Kier alpha value is -1.82. The molecular weight excluding hydrogens is 291 g/mol. The van der Waals surface area contributed by atoms with Gasteiger partial charge in [0.1, 0.15) is 10.8 Å². The summed E-state index contributed by atoms with van der Waals surface area (Å²) in [5, 5.41) is 0. The second kappa shape index (κ2) is 5.52. The van der Waals surface area contributed by atoms with Gasteiger partial charge in [0.25, 0.3) is 0 Å². The van der Waals surface area contributed by atoms with Gasteiger partial charge >= 0.3 is 0 Å². The van der Waals surface area contributed by atoms with E-state index in [1.807, 2.05) is 13.8 Å². The molecular formula is C15H17FN2O2S. The molecule has 4 nitrogen and oxygen atoms in total. The number of benzene rings is 1. The molecule has 0 atom stereocenters. The number of imide groups is 1. The standard InChI is InChI=1S/C15H17FN2O2S/c1-15(2)6-12(19)18(13(20)7-15)8-9-3-10(14(17)21)5-11(16)4-9/h3-5H,6-8H2,1-2H3,(H2,17,21). The molecule has 2 rings (SSSR count). The van der Waals surface area contributed by atoms with Crippen LogP contribution < -0.4 is 5.73 Å². The van der Waals surface area contributed by atoms with Crippen LogP contribution in [-0.2, 0) is 16.1 Å². The van der Waals surface area contributed by atoms with E-state index in [4.69, 9.17) is 18.0 Å². The molecule has 0 spiro atoms. The SMILES string of the molecule is CC1(C)CC(=O)N(Cc2cc(F)cc(C(N)=S)c2)C(=O)C1. The fourth-order valence-electron chi connectivity index (χ4n) is 2.45. The third-order valence-electron chi connectivity index (χ3n) is 3.44. The van der Waals surface area contributed by atoms with Crippen LogP contribution in [0.5, 0.6) is 0 Å². The van der Waals surface area contributed by atoms with Crippen molar-refractivity contribution in [1.29, 1.82) is 0 Å². The van der Waals surface area contributed by atoms with Crippen molar-refractivity contribution in [2.75, 3.05) is 0 Å². The average molecular weight is 308 g/mol. The highest BCUT2D eigenvalue weighted by Crippen LogP contribution is 2.32. The van der Waals surface area contributed by atoms with Crippen molar-refractivity contribution < 1.29 is 14.0 Å². The van der Waals surface area contributed by atoms with E-state index in [0.29, 0.717) is 24.0 Å². The van der Waals surface area contributed by atoms with Gasteiger partial charge in [-0.15, -0.1) is 0 Å². The molecule has 1 fully saturated rings. The van der Waals surface area contributed by atoms with E-state index in [1.165, 1.54) is 17.0 Å². The van der Waals surface area contributed by atoms with Gasteiger partial charge in [0.2, 0.25) is 11.8 Å². The van der Waals surface area contributed by atoms with Gasteiger partial charge in [-0.25, -0.2) is 4.39 Å². The zero-order valence-electron chi connectivity index (χ0n) is 12.0. The maximum atomic E-state index is 13.6. The Balaban J connectivity index is 2.24. The van der Waals surface area contributed by atoms with Crippen LogP contribution in [0, 0.1) is 11.2 Å². The Morgan fingerprint density at radius 2 is 1.86 bits per heavy atom. The molecule has 0 aliphatic carbocycles. The van der Waals surface area contributed by atoms with E-state index in [0.717, 1.165) is 0 Å². The fraction of sp³-hybridized carbons (Fsp3) is 0.400. The second-order valence-electron chi connectivity index (χ2n) is 6.10. The number of carbonyl (C=O) groups is 2. The van der Waals surface area contributed by atoms with Gasteiger partial charge in [0.15, 0.2) is 0 Å². The first-order chi connectivity index (χ1) is 9.68. The van der Waals surface area contributed by atoms with Crippen molar-refractivity contribution in [3.63, 3.8) is 0 Å². The number of rotatable bonds is 3. The first kappa shape index (κ1) is 15.6. The lowest BCUT2D eigenvalue weighted by Gasteiger charge is -2.34. The summed E-state index contributed by atoms with van der Waals surface area (Å²) in [7, 11) is 0. The number of carbonyl (C=O) groups excluding carboxylic acids is 2. The van der Waals surface area contributed by atoms with Gasteiger partial charge in [-0.2, -0.15) is 0 Å². The summed E-state index contributed by atoms with van der Waals surface area (Å²) in [6.45, 7) is 3.81. The van der Waals surface area contributed by atoms with Gasteiger partial charge in [-0.05, 0) is 29.2 Å². The Labute approximate surface area is 128 Å². The molecule has 0 radical (unpaired) electrons. The Bertz CT molecular complexity index is 608. The van der Waals surface area contributed by atoms with Crippen LogP contribution >= 0.6 is 12.2 Å². The van der Waals surface area contributed by atoms with Crippen molar-refractivity contribution in [1.82, 2.24) is 4.90 Å². The summed E-state index contributed by atoms with van der Waals surface area (Å²) in [5.41, 5.74) is 6.05. The minimum Gasteiger partial charge on any atom is -0.389 e. The molecule has 1 aromatic rings. The molecule has 1 heterocycles. The van der Waals surface area contributed by atoms with Gasteiger partial charge in [0.05, 0.1) is 6.54 Å². The predicted octanol–water partition coefficient (Wildman–Crippen LogP) is 2.14. The number of piperidine rings is 1. The van der Waals surface area contributed by atoms with Crippen molar-refractivity contribution >= 4 is 29.0 Å². The van der Waals surface area contributed by atoms with Crippen LogP contribution in [0.1, 0.15) is 37.8 Å². The number of halogens is 1. The van der Waals surface area contributed by atoms with Crippen molar-refractivity contribution in [2.45, 2.75) is 33.2 Å². The highest BCUT2D eigenvalue weighted by atomic mass is 32.1. The Morgan fingerprint density at radius 1 is 1.29 bits per heavy atom. The molecule has 2 amide bonds. The van der Waals surface area contributed by atoms with Gasteiger partial charge < -0.3 is 5.73 Å². The van der Waals surface area contributed by atoms with E-state index in [-0.39, 0.29) is 28.8 Å². The van der Waals surface area contributed by atoms with E-state index in [1.54, 1.807) is 6.07 Å². The van der Waals surface area contributed by atoms with Gasteiger partial charge in [0, 0.05) is 18.4 Å². The first-order valence-electron chi connectivity index (χ1n) is 6.60. The zero-order chi connectivity index (χ0) is 15.8. The molecule has 6 heteroatoms. The zero-order valence-corrected chi connectivity index (χ0v) is 12.8. The van der Waals surface area contributed by atoms with Crippen LogP contribution in [0.3, 0.4) is 0 Å². The van der Waals surface area contributed by atoms with Crippen LogP contribution in [0.15, 0.2) is 18.2 Å². The lowest BCUT2D eigenvalue weighted by Crippen LogP contribution is -2.45. The van der Waals surface area contributed by atoms with Crippen LogP contribution in [0.25, 0.3) is 0 Å². The van der Waals surface area contributed by atoms with Crippen LogP contribution in [0.2, 0.25) is 0 Å². The predicted molar refractivity (Wildman–Crippen MR) is 80.9 cm³/mol. The molecule has 1 aliphatic rings. The van der Waals surface area contributed by atoms with Crippen molar-refractivity contribution in [2.24, 2.45) is 11.1 Å². The van der Waals surface area contributed by atoms with Crippen molar-refractivity contribution in [3.8, 4) is 0 Å². The molecule has 0 bridgehead atoms. The lowest BCUT2D eigenvalue weighted by atomic mass is 9.81. The summed E-state index contributed by atoms with van der Waals surface area (Å²) in [6, 6.07) is 4.11. The molecule has 2 N–H and O–H groups in total. The maximum Gasteiger partial charge on any atom is 0.230 e. The summed E-state index contributed by atoms with van der Waals surface area (Å²) >= 11 is 4.83. The fourth-order valence-corrected chi connectivity index (χ4v) is 2.57. The van der Waals surface area contributed by atoms with Crippen LogP contribution in [0.4, 0.5) is 4.39 Å². The Kier molecular flexibility index (Phi) is 4.09. The summed E-state index contributed by atoms with van der Waals surface area (Å²) < 4.78 is 13.6. The highest BCUT2D eigenvalue weighted by molar-refractivity contribution is 7.80. The van der Waals surface area contributed by atoms with E-state index in [9.17, 15) is 14.0 Å². The van der Waals surface area contributed by atoms with E-state index < -0.39 is 5.82 Å². The molecule has 0 unspecified atom stereocenters. The highest BCUT2D eigenvalue weighted by Gasteiger charge is 2.37. The summed E-state index contributed by atoms with van der Waals surface area (Å²) in [6.07, 6.45) is 0.604.